The van der Waals surface area contributed by atoms with Gasteiger partial charge in [0.2, 0.25) is 0 Å². The lowest BCUT2D eigenvalue weighted by molar-refractivity contribution is 0.0902. The minimum atomic E-state index is 0.377. The van der Waals surface area contributed by atoms with Gasteiger partial charge < -0.3 is 10.6 Å². The molecular formula is C14H31N3. The first-order valence-corrected chi connectivity index (χ1v) is 6.94. The Balaban J connectivity index is 2.45. The SMILES string of the molecule is CN(C)C1CCN(C(CN)CC(C)(C)C)CC1. The van der Waals surface area contributed by atoms with Crippen molar-refractivity contribution >= 4 is 0 Å². The smallest absolute Gasteiger partial charge is 0.0223 e. The Kier molecular flexibility index (Phi) is 5.42. The van der Waals surface area contributed by atoms with Crippen molar-refractivity contribution in [2.75, 3.05) is 33.7 Å². The summed E-state index contributed by atoms with van der Waals surface area (Å²) in [6, 6.07) is 1.33. The van der Waals surface area contributed by atoms with Crippen molar-refractivity contribution in [3.05, 3.63) is 0 Å². The van der Waals surface area contributed by atoms with Crippen LogP contribution in [0.3, 0.4) is 0 Å². The van der Waals surface area contributed by atoms with Gasteiger partial charge in [-0.05, 0) is 51.9 Å². The molecule has 0 saturated carbocycles. The second-order valence-corrected chi connectivity index (χ2v) is 6.89. The van der Waals surface area contributed by atoms with E-state index in [0.717, 1.165) is 12.6 Å². The third-order valence-corrected chi connectivity index (χ3v) is 3.87. The first-order chi connectivity index (χ1) is 7.83. The lowest BCUT2D eigenvalue weighted by atomic mass is 9.86. The van der Waals surface area contributed by atoms with E-state index < -0.39 is 0 Å². The maximum Gasteiger partial charge on any atom is 0.0223 e. The molecule has 1 unspecified atom stereocenters. The van der Waals surface area contributed by atoms with Gasteiger partial charge in [0, 0.05) is 18.6 Å². The van der Waals surface area contributed by atoms with Crippen LogP contribution in [-0.2, 0) is 0 Å². The number of hydrogen-bond donors (Lipinski definition) is 1. The molecule has 0 amide bonds. The van der Waals surface area contributed by atoms with E-state index in [-0.39, 0.29) is 0 Å². The van der Waals surface area contributed by atoms with Crippen molar-refractivity contribution < 1.29 is 0 Å². The maximum absolute atomic E-state index is 5.95. The predicted molar refractivity (Wildman–Crippen MR) is 75.2 cm³/mol. The zero-order valence-corrected chi connectivity index (χ0v) is 12.4. The lowest BCUT2D eigenvalue weighted by Crippen LogP contribution is -2.49. The largest absolute Gasteiger partial charge is 0.329 e. The number of rotatable bonds is 4. The Bertz CT molecular complexity index is 212. The normalized spacial score (nSPS) is 22.1. The summed E-state index contributed by atoms with van der Waals surface area (Å²) in [4.78, 5) is 4.96. The molecule has 0 aliphatic carbocycles. The summed E-state index contributed by atoms with van der Waals surface area (Å²) < 4.78 is 0. The Labute approximate surface area is 107 Å². The minimum absolute atomic E-state index is 0.377. The number of nitrogens with zero attached hydrogens (tertiary/aromatic N) is 2. The second-order valence-electron chi connectivity index (χ2n) is 6.89. The standard InChI is InChI=1S/C14H31N3/c1-14(2,3)10-13(11-15)17-8-6-12(7-9-17)16(4)5/h12-13H,6-11,15H2,1-5H3. The summed E-state index contributed by atoms with van der Waals surface area (Å²) in [6.07, 6.45) is 3.78. The molecule has 1 heterocycles. The van der Waals surface area contributed by atoms with Crippen LogP contribution in [-0.4, -0.2) is 55.6 Å². The van der Waals surface area contributed by atoms with Crippen molar-refractivity contribution in [1.29, 1.82) is 0 Å². The highest BCUT2D eigenvalue weighted by atomic mass is 15.2. The van der Waals surface area contributed by atoms with Crippen LogP contribution in [0.4, 0.5) is 0 Å². The van der Waals surface area contributed by atoms with Crippen LogP contribution in [0.25, 0.3) is 0 Å². The van der Waals surface area contributed by atoms with Crippen molar-refractivity contribution in [3.63, 3.8) is 0 Å². The molecule has 1 saturated heterocycles. The molecule has 0 aromatic heterocycles. The fraction of sp³-hybridized carbons (Fsp3) is 1.00. The molecule has 0 aromatic carbocycles. The summed E-state index contributed by atoms with van der Waals surface area (Å²) in [5.74, 6) is 0. The summed E-state index contributed by atoms with van der Waals surface area (Å²) in [7, 11) is 4.38. The van der Waals surface area contributed by atoms with E-state index in [1.54, 1.807) is 0 Å². The average Bonchev–Trinajstić information content (AvgIpc) is 2.25. The number of likely N-dealkylation sites (tertiary alicyclic amines) is 1. The molecule has 3 heteroatoms. The molecule has 2 N–H and O–H groups in total. The van der Waals surface area contributed by atoms with Crippen molar-refractivity contribution in [2.24, 2.45) is 11.1 Å². The average molecular weight is 241 g/mol. The van der Waals surface area contributed by atoms with E-state index in [1.807, 2.05) is 0 Å². The highest BCUT2D eigenvalue weighted by Gasteiger charge is 2.27. The monoisotopic (exact) mass is 241 g/mol. The third kappa shape index (κ3) is 4.94. The van der Waals surface area contributed by atoms with Gasteiger partial charge in [0.05, 0.1) is 0 Å². The Morgan fingerprint density at radius 1 is 1.24 bits per heavy atom. The first kappa shape index (κ1) is 14.9. The molecule has 17 heavy (non-hydrogen) atoms. The molecule has 3 nitrogen and oxygen atoms in total. The second kappa shape index (κ2) is 6.17. The molecule has 0 spiro atoms. The molecule has 0 radical (unpaired) electrons. The van der Waals surface area contributed by atoms with Crippen molar-refractivity contribution in [3.8, 4) is 0 Å². The fourth-order valence-electron chi connectivity index (χ4n) is 2.84. The van der Waals surface area contributed by atoms with Gasteiger partial charge >= 0.3 is 0 Å². The van der Waals surface area contributed by atoms with Crippen LogP contribution < -0.4 is 5.73 Å². The predicted octanol–water partition coefficient (Wildman–Crippen LogP) is 1.78. The third-order valence-electron chi connectivity index (χ3n) is 3.87. The van der Waals surface area contributed by atoms with E-state index >= 15 is 0 Å². The molecule has 0 aromatic rings. The van der Waals surface area contributed by atoms with Gasteiger partial charge in [-0.25, -0.2) is 0 Å². The number of hydrogen-bond acceptors (Lipinski definition) is 3. The molecule has 1 fully saturated rings. The van der Waals surface area contributed by atoms with Gasteiger partial charge in [-0.1, -0.05) is 20.8 Å². The highest BCUT2D eigenvalue weighted by Crippen LogP contribution is 2.25. The minimum Gasteiger partial charge on any atom is -0.329 e. The zero-order chi connectivity index (χ0) is 13.1. The quantitative estimate of drug-likeness (QED) is 0.814. The Morgan fingerprint density at radius 2 is 1.76 bits per heavy atom. The van der Waals surface area contributed by atoms with Crippen LogP contribution in [0.2, 0.25) is 0 Å². The Hall–Kier alpha value is -0.120. The van der Waals surface area contributed by atoms with Crippen LogP contribution in [0.5, 0.6) is 0 Å². The van der Waals surface area contributed by atoms with E-state index in [0.29, 0.717) is 11.5 Å². The van der Waals surface area contributed by atoms with Crippen molar-refractivity contribution in [1.82, 2.24) is 9.80 Å². The first-order valence-electron chi connectivity index (χ1n) is 6.94. The molecule has 102 valence electrons. The molecule has 0 bridgehead atoms. The topological polar surface area (TPSA) is 32.5 Å². The maximum atomic E-state index is 5.95. The van der Waals surface area contributed by atoms with Crippen LogP contribution in [0.15, 0.2) is 0 Å². The fourth-order valence-corrected chi connectivity index (χ4v) is 2.84. The van der Waals surface area contributed by atoms with Crippen LogP contribution in [0.1, 0.15) is 40.0 Å². The molecule has 1 aliphatic rings. The van der Waals surface area contributed by atoms with E-state index in [9.17, 15) is 0 Å². The molecule has 1 rings (SSSR count). The summed E-state index contributed by atoms with van der Waals surface area (Å²) in [6.45, 7) is 10.1. The molecule has 1 atom stereocenters. The molecular weight excluding hydrogens is 210 g/mol. The zero-order valence-electron chi connectivity index (χ0n) is 12.4. The van der Waals surface area contributed by atoms with Crippen LogP contribution >= 0.6 is 0 Å². The van der Waals surface area contributed by atoms with E-state index in [4.69, 9.17) is 5.73 Å². The van der Waals surface area contributed by atoms with Gasteiger partial charge in [0.1, 0.15) is 0 Å². The summed E-state index contributed by atoms with van der Waals surface area (Å²) in [5, 5.41) is 0. The van der Waals surface area contributed by atoms with Crippen molar-refractivity contribution in [2.45, 2.75) is 52.1 Å². The van der Waals surface area contributed by atoms with Gasteiger partial charge in [0.25, 0.3) is 0 Å². The summed E-state index contributed by atoms with van der Waals surface area (Å²) >= 11 is 0. The number of nitrogens with two attached hydrogens (primary N) is 1. The van der Waals surface area contributed by atoms with Gasteiger partial charge in [-0.3, -0.25) is 4.90 Å². The molecule has 1 aliphatic heterocycles. The summed E-state index contributed by atoms with van der Waals surface area (Å²) in [5.41, 5.74) is 6.33. The Morgan fingerprint density at radius 3 is 2.12 bits per heavy atom. The van der Waals surface area contributed by atoms with Gasteiger partial charge in [0.15, 0.2) is 0 Å². The highest BCUT2D eigenvalue weighted by molar-refractivity contribution is 4.84. The van der Waals surface area contributed by atoms with Gasteiger partial charge in [-0.15, -0.1) is 0 Å². The number of piperidine rings is 1. The lowest BCUT2D eigenvalue weighted by Gasteiger charge is -2.41. The van der Waals surface area contributed by atoms with Gasteiger partial charge in [-0.2, -0.15) is 0 Å². The van der Waals surface area contributed by atoms with Crippen LogP contribution in [0, 0.1) is 5.41 Å². The van der Waals surface area contributed by atoms with E-state index in [1.165, 1.54) is 32.4 Å². The van der Waals surface area contributed by atoms with E-state index in [2.05, 4.69) is 44.7 Å².